The monoisotopic (exact) mass is 308 g/mol. The Morgan fingerprint density at radius 1 is 1.20 bits per heavy atom. The zero-order valence-electron chi connectivity index (χ0n) is 11.0. The molecule has 1 aliphatic heterocycles. The summed E-state index contributed by atoms with van der Waals surface area (Å²) in [4.78, 5) is 15.4. The van der Waals surface area contributed by atoms with Crippen LogP contribution in [0.15, 0.2) is 26.9 Å². The predicted octanol–water partition coefficient (Wildman–Crippen LogP) is 2.36. The van der Waals surface area contributed by atoms with E-state index in [9.17, 15) is 0 Å². The van der Waals surface area contributed by atoms with Crippen molar-refractivity contribution in [2.24, 2.45) is 5.84 Å². The molecule has 1 aliphatic rings. The van der Waals surface area contributed by atoms with Crippen molar-refractivity contribution in [3.8, 4) is 0 Å². The van der Waals surface area contributed by atoms with E-state index < -0.39 is 0 Å². The maximum absolute atomic E-state index is 5.46. The lowest BCUT2D eigenvalue weighted by atomic mass is 10.1. The van der Waals surface area contributed by atoms with Crippen molar-refractivity contribution in [3.63, 3.8) is 0 Å². The number of hydrogen-bond donors (Lipinski definition) is 2. The number of piperidine rings is 1. The molecule has 1 saturated heterocycles. The van der Waals surface area contributed by atoms with Crippen LogP contribution < -0.4 is 16.2 Å². The highest BCUT2D eigenvalue weighted by Gasteiger charge is 2.16. The smallest absolute Gasteiger partial charge is 0.242 e. The zero-order valence-corrected chi connectivity index (χ0v) is 12.6. The first-order valence-electron chi connectivity index (χ1n) is 6.54. The molecule has 1 fully saturated rings. The lowest BCUT2D eigenvalue weighted by Crippen LogP contribution is -2.31. The summed E-state index contributed by atoms with van der Waals surface area (Å²) >= 11 is 3.21. The molecule has 0 unspecified atom stereocenters. The number of nitrogens with two attached hydrogens (primary N) is 1. The largest absolute Gasteiger partial charge is 0.341 e. The highest BCUT2D eigenvalue weighted by atomic mass is 32.2. The van der Waals surface area contributed by atoms with Gasteiger partial charge >= 0.3 is 0 Å². The number of hydrazine groups is 1. The molecule has 20 heavy (non-hydrogen) atoms. The van der Waals surface area contributed by atoms with Crippen molar-refractivity contribution in [1.82, 2.24) is 15.0 Å². The Hall–Kier alpha value is -1.38. The van der Waals surface area contributed by atoms with E-state index in [-0.39, 0.29) is 0 Å². The van der Waals surface area contributed by atoms with Crippen LogP contribution in [0, 0.1) is 0 Å². The van der Waals surface area contributed by atoms with Gasteiger partial charge < -0.3 is 4.90 Å². The minimum Gasteiger partial charge on any atom is -0.341 e. The quantitative estimate of drug-likeness (QED) is 0.663. The summed E-state index contributed by atoms with van der Waals surface area (Å²) in [6.07, 6.45) is 3.65. The SMILES string of the molecule is NNc1nc(Sc2cccs2)nc(N2CCCCC2)n1. The van der Waals surface area contributed by atoms with Gasteiger partial charge in [-0.15, -0.1) is 11.3 Å². The standard InChI is InChI=1S/C12H16N6S2/c13-17-10-14-11(18-6-2-1-3-7-18)16-12(15-10)20-9-5-4-8-19-9/h4-5,8H,1-3,6-7,13H2,(H,14,15,16,17). The van der Waals surface area contributed by atoms with Gasteiger partial charge in [0.1, 0.15) is 0 Å². The number of nitrogens with one attached hydrogen (secondary N) is 1. The molecule has 2 aromatic heterocycles. The van der Waals surface area contributed by atoms with E-state index in [0.29, 0.717) is 17.1 Å². The van der Waals surface area contributed by atoms with Gasteiger partial charge in [0, 0.05) is 13.1 Å². The maximum atomic E-state index is 5.46. The van der Waals surface area contributed by atoms with E-state index in [4.69, 9.17) is 5.84 Å². The number of aromatic nitrogens is 3. The molecule has 0 spiro atoms. The first-order valence-corrected chi connectivity index (χ1v) is 8.24. The Bertz CT molecular complexity index is 553. The summed E-state index contributed by atoms with van der Waals surface area (Å²) in [7, 11) is 0. The van der Waals surface area contributed by atoms with E-state index in [1.165, 1.54) is 31.0 Å². The minimum atomic E-state index is 0.416. The zero-order chi connectivity index (χ0) is 13.8. The first kappa shape index (κ1) is 13.6. The number of nitrogen functional groups attached to an aromatic ring is 1. The second kappa shape index (κ2) is 6.38. The molecule has 106 valence electrons. The van der Waals surface area contributed by atoms with Gasteiger partial charge in [-0.2, -0.15) is 15.0 Å². The maximum Gasteiger partial charge on any atom is 0.242 e. The molecule has 0 bridgehead atoms. The van der Waals surface area contributed by atoms with Gasteiger partial charge in [-0.05, 0) is 42.5 Å². The van der Waals surface area contributed by atoms with Crippen LogP contribution in [0.1, 0.15) is 19.3 Å². The van der Waals surface area contributed by atoms with Gasteiger partial charge in [-0.25, -0.2) is 5.84 Å². The molecule has 0 atom stereocenters. The topological polar surface area (TPSA) is 80.0 Å². The van der Waals surface area contributed by atoms with E-state index in [2.05, 4.69) is 31.3 Å². The van der Waals surface area contributed by atoms with Gasteiger partial charge in [-0.3, -0.25) is 5.43 Å². The van der Waals surface area contributed by atoms with Gasteiger partial charge in [-0.1, -0.05) is 6.07 Å². The molecule has 3 heterocycles. The third-order valence-electron chi connectivity index (χ3n) is 3.06. The van der Waals surface area contributed by atoms with Crippen molar-refractivity contribution in [3.05, 3.63) is 17.5 Å². The third-order valence-corrected chi connectivity index (χ3v) is 4.96. The van der Waals surface area contributed by atoms with Crippen LogP contribution in [0.4, 0.5) is 11.9 Å². The van der Waals surface area contributed by atoms with E-state index in [0.717, 1.165) is 17.3 Å². The fourth-order valence-corrected chi connectivity index (χ4v) is 3.72. The molecule has 2 aromatic rings. The number of nitrogens with zero attached hydrogens (tertiary/aromatic N) is 4. The van der Waals surface area contributed by atoms with Crippen molar-refractivity contribution >= 4 is 35.0 Å². The molecule has 8 heteroatoms. The first-order chi connectivity index (χ1) is 9.85. The highest BCUT2D eigenvalue weighted by molar-refractivity contribution is 8.01. The van der Waals surface area contributed by atoms with Crippen LogP contribution in [0.25, 0.3) is 0 Å². The normalized spacial score (nSPS) is 15.3. The molecule has 0 amide bonds. The number of thiophene rings is 1. The van der Waals surface area contributed by atoms with Crippen LogP contribution in [0.2, 0.25) is 0 Å². The molecule has 3 N–H and O–H groups in total. The van der Waals surface area contributed by atoms with Crippen molar-refractivity contribution in [2.45, 2.75) is 28.6 Å². The lowest BCUT2D eigenvalue weighted by molar-refractivity contribution is 0.565. The van der Waals surface area contributed by atoms with Gasteiger partial charge in [0.05, 0.1) is 4.21 Å². The molecule has 0 aliphatic carbocycles. The summed E-state index contributed by atoms with van der Waals surface area (Å²) in [5.74, 6) is 6.59. The van der Waals surface area contributed by atoms with Crippen molar-refractivity contribution in [2.75, 3.05) is 23.4 Å². The average molecular weight is 308 g/mol. The lowest BCUT2D eigenvalue weighted by Gasteiger charge is -2.26. The number of rotatable bonds is 4. The summed E-state index contributed by atoms with van der Waals surface area (Å²) in [5.41, 5.74) is 2.53. The fourth-order valence-electron chi connectivity index (χ4n) is 2.10. The molecule has 6 nitrogen and oxygen atoms in total. The van der Waals surface area contributed by atoms with Crippen LogP contribution in [-0.4, -0.2) is 28.0 Å². The molecule has 0 radical (unpaired) electrons. The van der Waals surface area contributed by atoms with E-state index >= 15 is 0 Å². The molecule has 0 saturated carbocycles. The Balaban J connectivity index is 1.85. The summed E-state index contributed by atoms with van der Waals surface area (Å²) in [6.45, 7) is 1.99. The number of anilines is 2. The van der Waals surface area contributed by atoms with Gasteiger partial charge in [0.2, 0.25) is 11.9 Å². The van der Waals surface area contributed by atoms with Crippen LogP contribution in [0.5, 0.6) is 0 Å². The average Bonchev–Trinajstić information content (AvgIpc) is 3.00. The summed E-state index contributed by atoms with van der Waals surface area (Å²) in [6, 6.07) is 4.07. The molecule has 3 rings (SSSR count). The Morgan fingerprint density at radius 3 is 2.75 bits per heavy atom. The third kappa shape index (κ3) is 3.20. The van der Waals surface area contributed by atoms with Gasteiger partial charge in [0.25, 0.3) is 0 Å². The van der Waals surface area contributed by atoms with Crippen LogP contribution in [-0.2, 0) is 0 Å². The Kier molecular flexibility index (Phi) is 4.34. The minimum absolute atomic E-state index is 0.416. The Labute approximate surface area is 125 Å². The Morgan fingerprint density at radius 2 is 2.05 bits per heavy atom. The molecular weight excluding hydrogens is 292 g/mol. The van der Waals surface area contributed by atoms with Gasteiger partial charge in [0.15, 0.2) is 5.16 Å². The van der Waals surface area contributed by atoms with Crippen molar-refractivity contribution < 1.29 is 0 Å². The van der Waals surface area contributed by atoms with Crippen LogP contribution in [0.3, 0.4) is 0 Å². The van der Waals surface area contributed by atoms with Crippen molar-refractivity contribution in [1.29, 1.82) is 0 Å². The molecular formula is C12H16N6S2. The van der Waals surface area contributed by atoms with Crippen LogP contribution >= 0.6 is 23.1 Å². The summed E-state index contributed by atoms with van der Waals surface area (Å²) < 4.78 is 1.16. The summed E-state index contributed by atoms with van der Waals surface area (Å²) in [5, 5.41) is 2.72. The second-order valence-electron chi connectivity index (χ2n) is 4.47. The predicted molar refractivity (Wildman–Crippen MR) is 82.1 cm³/mol. The van der Waals surface area contributed by atoms with E-state index in [1.54, 1.807) is 11.3 Å². The molecule has 0 aromatic carbocycles. The number of hydrogen-bond acceptors (Lipinski definition) is 8. The second-order valence-corrected chi connectivity index (χ2v) is 6.68. The van der Waals surface area contributed by atoms with E-state index in [1.807, 2.05) is 11.4 Å². The fraction of sp³-hybridized carbons (Fsp3) is 0.417. The highest BCUT2D eigenvalue weighted by Crippen LogP contribution is 2.30.